The van der Waals surface area contributed by atoms with Crippen LogP contribution in [-0.2, 0) is 14.8 Å². The van der Waals surface area contributed by atoms with Crippen LogP contribution in [-0.4, -0.2) is 32.4 Å². The summed E-state index contributed by atoms with van der Waals surface area (Å²) in [6.07, 6.45) is 0. The van der Waals surface area contributed by atoms with E-state index >= 15 is 0 Å². The highest BCUT2D eigenvalue weighted by Crippen LogP contribution is 2.31. The Bertz CT molecular complexity index is 1350. The lowest BCUT2D eigenvalue weighted by molar-refractivity contribution is -0.385. The summed E-state index contributed by atoms with van der Waals surface area (Å²) in [5, 5.41) is 14.0. The summed E-state index contributed by atoms with van der Waals surface area (Å²) in [6.45, 7) is 6.99. The van der Waals surface area contributed by atoms with Gasteiger partial charge in [0.2, 0.25) is 5.91 Å². The number of ether oxygens (including phenoxy) is 1. The van der Waals surface area contributed by atoms with Crippen molar-refractivity contribution in [1.29, 1.82) is 0 Å². The van der Waals surface area contributed by atoms with Gasteiger partial charge in [-0.2, -0.15) is 0 Å². The van der Waals surface area contributed by atoms with Gasteiger partial charge >= 0.3 is 0 Å². The van der Waals surface area contributed by atoms with E-state index in [-0.39, 0.29) is 10.6 Å². The van der Waals surface area contributed by atoms with Gasteiger partial charge in [0.15, 0.2) is 0 Å². The lowest BCUT2D eigenvalue weighted by atomic mass is 10.1. The molecule has 0 saturated heterocycles. The van der Waals surface area contributed by atoms with Gasteiger partial charge in [-0.3, -0.25) is 19.2 Å². The molecule has 10 heteroatoms. The number of hydrogen-bond acceptors (Lipinski definition) is 6. The predicted octanol–water partition coefficient (Wildman–Crippen LogP) is 4.75. The first kappa shape index (κ1) is 25.7. The highest BCUT2D eigenvalue weighted by atomic mass is 32.2. The Morgan fingerprint density at radius 2 is 1.71 bits per heavy atom. The third-order valence-electron chi connectivity index (χ3n) is 5.53. The SMILES string of the molecule is CCOc1ccc(NC(=O)CN(c2cccc(C)c2C)S(=O)(=O)c2cc([N+](=O)[O-])ccc2C)cc1. The first-order valence-corrected chi connectivity index (χ1v) is 12.3. The average molecular weight is 498 g/mol. The first-order valence-electron chi connectivity index (χ1n) is 10.9. The zero-order valence-corrected chi connectivity index (χ0v) is 20.8. The lowest BCUT2D eigenvalue weighted by Gasteiger charge is -2.27. The van der Waals surface area contributed by atoms with Crippen LogP contribution in [0.4, 0.5) is 17.1 Å². The van der Waals surface area contributed by atoms with E-state index in [0.717, 1.165) is 15.9 Å². The van der Waals surface area contributed by atoms with Gasteiger partial charge in [0.1, 0.15) is 12.3 Å². The van der Waals surface area contributed by atoms with E-state index < -0.39 is 27.4 Å². The van der Waals surface area contributed by atoms with Crippen LogP contribution in [0.2, 0.25) is 0 Å². The molecule has 0 heterocycles. The Morgan fingerprint density at radius 3 is 2.34 bits per heavy atom. The summed E-state index contributed by atoms with van der Waals surface area (Å²) in [5.74, 6) is 0.0768. The normalized spacial score (nSPS) is 11.1. The summed E-state index contributed by atoms with van der Waals surface area (Å²) >= 11 is 0. The van der Waals surface area contributed by atoms with Crippen molar-refractivity contribution in [2.45, 2.75) is 32.6 Å². The molecule has 0 radical (unpaired) electrons. The zero-order valence-electron chi connectivity index (χ0n) is 19.9. The van der Waals surface area contributed by atoms with Crippen LogP contribution in [0.1, 0.15) is 23.6 Å². The Morgan fingerprint density at radius 1 is 1.03 bits per heavy atom. The van der Waals surface area contributed by atoms with E-state index in [1.807, 2.05) is 19.9 Å². The monoisotopic (exact) mass is 497 g/mol. The second-order valence-corrected chi connectivity index (χ2v) is 9.77. The summed E-state index contributed by atoms with van der Waals surface area (Å²) < 4.78 is 34.0. The molecule has 0 fully saturated rings. The minimum absolute atomic E-state index is 0.235. The van der Waals surface area contributed by atoms with Gasteiger partial charge in [0.25, 0.3) is 15.7 Å². The standard InChI is InChI=1S/C25H27N3O6S/c1-5-34-22-13-10-20(11-14-22)26-25(29)16-27(23-8-6-7-17(2)19(23)4)35(32,33)24-15-21(28(30)31)12-9-18(24)3/h6-15H,5,16H2,1-4H3,(H,26,29). The molecular formula is C25H27N3O6S. The third-order valence-corrected chi connectivity index (χ3v) is 7.43. The number of rotatable bonds is 9. The van der Waals surface area contributed by atoms with Crippen molar-refractivity contribution in [2.24, 2.45) is 0 Å². The van der Waals surface area contributed by atoms with Crippen molar-refractivity contribution in [1.82, 2.24) is 0 Å². The molecule has 0 aliphatic heterocycles. The molecule has 3 rings (SSSR count). The van der Waals surface area contributed by atoms with Crippen LogP contribution in [0.15, 0.2) is 65.6 Å². The van der Waals surface area contributed by atoms with Gasteiger partial charge in [0.05, 0.1) is 22.1 Å². The molecule has 1 N–H and O–H groups in total. The number of aryl methyl sites for hydroxylation is 2. The summed E-state index contributed by atoms with van der Waals surface area (Å²) in [6, 6.07) is 15.5. The topological polar surface area (TPSA) is 119 Å². The third kappa shape index (κ3) is 5.78. The highest BCUT2D eigenvalue weighted by molar-refractivity contribution is 7.93. The second-order valence-electron chi connectivity index (χ2n) is 7.94. The number of nitrogens with zero attached hydrogens (tertiary/aromatic N) is 2. The molecule has 0 spiro atoms. The van der Waals surface area contributed by atoms with E-state index in [1.54, 1.807) is 50.2 Å². The molecule has 0 aliphatic carbocycles. The van der Waals surface area contributed by atoms with Crippen molar-refractivity contribution in [3.63, 3.8) is 0 Å². The van der Waals surface area contributed by atoms with E-state index in [0.29, 0.717) is 34.9 Å². The number of sulfonamides is 1. The molecule has 184 valence electrons. The number of nitro benzene ring substituents is 1. The Balaban J connectivity index is 2.02. The van der Waals surface area contributed by atoms with Crippen molar-refractivity contribution in [3.05, 3.63) is 87.5 Å². The summed E-state index contributed by atoms with van der Waals surface area (Å²) in [4.78, 5) is 23.4. The first-order chi connectivity index (χ1) is 16.5. The van der Waals surface area contributed by atoms with Gasteiger partial charge in [-0.1, -0.05) is 18.2 Å². The number of nitrogens with one attached hydrogen (secondary N) is 1. The van der Waals surface area contributed by atoms with Crippen LogP contribution in [0.25, 0.3) is 0 Å². The molecule has 0 aromatic heterocycles. The van der Waals surface area contributed by atoms with Crippen molar-refractivity contribution < 1.29 is 22.9 Å². The van der Waals surface area contributed by atoms with Crippen LogP contribution in [0, 0.1) is 30.9 Å². The molecule has 0 bridgehead atoms. The quantitative estimate of drug-likeness (QED) is 0.337. The van der Waals surface area contributed by atoms with E-state index in [9.17, 15) is 23.3 Å². The fraction of sp³-hybridized carbons (Fsp3) is 0.240. The Hall–Kier alpha value is -3.92. The maximum Gasteiger partial charge on any atom is 0.270 e. The van der Waals surface area contributed by atoms with Gasteiger partial charge in [-0.05, 0) is 74.7 Å². The zero-order chi connectivity index (χ0) is 25.8. The molecular weight excluding hydrogens is 470 g/mol. The van der Waals surface area contributed by atoms with E-state index in [2.05, 4.69) is 5.32 Å². The lowest BCUT2D eigenvalue weighted by Crippen LogP contribution is -2.39. The predicted molar refractivity (Wildman–Crippen MR) is 135 cm³/mol. The van der Waals surface area contributed by atoms with Crippen LogP contribution in [0.3, 0.4) is 0 Å². The van der Waals surface area contributed by atoms with Crippen molar-refractivity contribution >= 4 is 33.0 Å². The number of nitro groups is 1. The second kappa shape index (κ2) is 10.6. The fourth-order valence-corrected chi connectivity index (χ4v) is 5.26. The molecule has 0 aliphatic rings. The molecule has 3 aromatic carbocycles. The number of carbonyl (C=O) groups excluding carboxylic acids is 1. The van der Waals surface area contributed by atoms with Crippen LogP contribution in [0.5, 0.6) is 5.75 Å². The highest BCUT2D eigenvalue weighted by Gasteiger charge is 2.31. The number of benzene rings is 3. The molecule has 3 aromatic rings. The van der Waals surface area contributed by atoms with Crippen LogP contribution >= 0.6 is 0 Å². The van der Waals surface area contributed by atoms with Gasteiger partial charge < -0.3 is 10.1 Å². The Kier molecular flexibility index (Phi) is 7.75. The maximum absolute atomic E-state index is 13.8. The minimum Gasteiger partial charge on any atom is -0.494 e. The van der Waals surface area contributed by atoms with Crippen LogP contribution < -0.4 is 14.4 Å². The number of non-ortho nitro benzene ring substituents is 1. The number of amides is 1. The molecule has 1 amide bonds. The molecule has 0 saturated carbocycles. The largest absolute Gasteiger partial charge is 0.494 e. The van der Waals surface area contributed by atoms with Gasteiger partial charge in [-0.25, -0.2) is 8.42 Å². The van der Waals surface area contributed by atoms with Crippen molar-refractivity contribution in [2.75, 3.05) is 22.8 Å². The fourth-order valence-electron chi connectivity index (χ4n) is 3.54. The van der Waals surface area contributed by atoms with E-state index in [4.69, 9.17) is 4.74 Å². The van der Waals surface area contributed by atoms with Crippen molar-refractivity contribution in [3.8, 4) is 5.75 Å². The number of anilines is 2. The average Bonchev–Trinajstić information content (AvgIpc) is 2.81. The molecule has 0 atom stereocenters. The smallest absolute Gasteiger partial charge is 0.270 e. The summed E-state index contributed by atoms with van der Waals surface area (Å²) in [5.41, 5.74) is 2.28. The van der Waals surface area contributed by atoms with E-state index in [1.165, 1.54) is 12.1 Å². The minimum atomic E-state index is -4.33. The number of hydrogen-bond donors (Lipinski definition) is 1. The van der Waals surface area contributed by atoms with Gasteiger partial charge in [-0.15, -0.1) is 0 Å². The summed E-state index contributed by atoms with van der Waals surface area (Å²) in [7, 11) is -4.33. The molecule has 0 unspecified atom stereocenters. The maximum atomic E-state index is 13.8. The molecule has 9 nitrogen and oxygen atoms in total. The van der Waals surface area contributed by atoms with Gasteiger partial charge in [0, 0.05) is 17.8 Å². The Labute approximate surface area is 204 Å². The number of carbonyl (C=O) groups is 1. The molecule has 35 heavy (non-hydrogen) atoms.